The van der Waals surface area contributed by atoms with E-state index in [9.17, 15) is 4.79 Å². The molecule has 1 fully saturated rings. The van der Waals surface area contributed by atoms with Crippen molar-refractivity contribution in [2.24, 2.45) is 0 Å². The lowest BCUT2D eigenvalue weighted by molar-refractivity contribution is 0.206. The van der Waals surface area contributed by atoms with Crippen LogP contribution < -0.4 is 14.8 Å². The molecule has 1 unspecified atom stereocenters. The molecule has 6 heteroatoms. The second kappa shape index (κ2) is 8.99. The first-order valence-corrected chi connectivity index (χ1v) is 10.7. The summed E-state index contributed by atoms with van der Waals surface area (Å²) in [5, 5.41) is 3.05. The van der Waals surface area contributed by atoms with E-state index < -0.39 is 0 Å². The smallest absolute Gasteiger partial charge is 0.322 e. The van der Waals surface area contributed by atoms with E-state index in [-0.39, 0.29) is 16.8 Å². The van der Waals surface area contributed by atoms with Crippen molar-refractivity contribution in [2.45, 2.75) is 49.3 Å². The molecule has 1 N–H and O–H groups in total. The van der Waals surface area contributed by atoms with E-state index in [4.69, 9.17) is 9.47 Å². The van der Waals surface area contributed by atoms with Crippen molar-refractivity contribution in [3.05, 3.63) is 48.0 Å². The molecule has 1 atom stereocenters. The minimum absolute atomic E-state index is 0.00780. The quantitative estimate of drug-likeness (QED) is 0.613. The van der Waals surface area contributed by atoms with E-state index in [1.165, 1.54) is 4.90 Å². The van der Waals surface area contributed by atoms with E-state index in [2.05, 4.69) is 38.2 Å². The van der Waals surface area contributed by atoms with E-state index in [0.717, 1.165) is 42.1 Å². The molecule has 0 bridgehead atoms. The van der Waals surface area contributed by atoms with Gasteiger partial charge in [-0.05, 0) is 49.2 Å². The second-order valence-electron chi connectivity index (χ2n) is 8.13. The maximum Gasteiger partial charge on any atom is 0.322 e. The zero-order valence-corrected chi connectivity index (χ0v) is 18.6. The lowest BCUT2D eigenvalue weighted by atomic mass is 10.0. The lowest BCUT2D eigenvalue weighted by Crippen LogP contribution is -2.34. The van der Waals surface area contributed by atoms with Gasteiger partial charge >= 0.3 is 6.03 Å². The summed E-state index contributed by atoms with van der Waals surface area (Å²) in [4.78, 5) is 16.1. The number of hydrogen-bond donors (Lipinski definition) is 1. The molecule has 5 nitrogen and oxygen atoms in total. The Bertz CT molecular complexity index is 846. The Morgan fingerprint density at radius 3 is 2.45 bits per heavy atom. The van der Waals surface area contributed by atoms with E-state index in [1.54, 1.807) is 14.2 Å². The largest absolute Gasteiger partial charge is 0.497 e. The third kappa shape index (κ3) is 5.38. The summed E-state index contributed by atoms with van der Waals surface area (Å²) in [7, 11) is 3.28. The third-order valence-corrected chi connectivity index (χ3v) is 5.96. The highest BCUT2D eigenvalue weighted by molar-refractivity contribution is 8.00. The first-order chi connectivity index (χ1) is 13.8. The second-order valence-corrected chi connectivity index (χ2v) is 10.0. The highest BCUT2D eigenvalue weighted by Crippen LogP contribution is 2.39. The fourth-order valence-electron chi connectivity index (χ4n) is 3.58. The van der Waals surface area contributed by atoms with Gasteiger partial charge in [-0.25, -0.2) is 4.79 Å². The number of anilines is 1. The van der Waals surface area contributed by atoms with Gasteiger partial charge in [-0.1, -0.05) is 20.8 Å². The molecule has 0 aromatic heterocycles. The Balaban J connectivity index is 1.72. The number of ether oxygens (including phenoxy) is 2. The number of rotatable bonds is 5. The Kier molecular flexibility index (Phi) is 6.63. The van der Waals surface area contributed by atoms with Crippen LogP contribution in [0.5, 0.6) is 11.5 Å². The number of hydrogen-bond acceptors (Lipinski definition) is 4. The molecule has 0 radical (unpaired) electrons. The Morgan fingerprint density at radius 2 is 1.83 bits per heavy atom. The molecular weight excluding hydrogens is 384 g/mol. The van der Waals surface area contributed by atoms with Crippen molar-refractivity contribution in [2.75, 3.05) is 26.1 Å². The predicted octanol–water partition coefficient (Wildman–Crippen LogP) is 5.96. The van der Waals surface area contributed by atoms with E-state index >= 15 is 0 Å². The summed E-state index contributed by atoms with van der Waals surface area (Å²) in [6.07, 6.45) is 1.88. The summed E-state index contributed by atoms with van der Waals surface area (Å²) in [6.45, 7) is 7.29. The van der Waals surface area contributed by atoms with Gasteiger partial charge in [-0.2, -0.15) is 0 Å². The fourth-order valence-corrected chi connectivity index (χ4v) is 4.56. The standard InChI is InChI=1S/C23H30N2O3S/c1-23(2,3)29-18-11-8-16(9-12-18)24-22(26)25-14-6-7-20(25)19-13-10-17(27-4)15-21(19)28-5/h8-13,15,20H,6-7,14H2,1-5H3,(H,24,26). The minimum Gasteiger partial charge on any atom is -0.497 e. The maximum atomic E-state index is 13.0. The molecule has 1 saturated heterocycles. The molecule has 0 saturated carbocycles. The Morgan fingerprint density at radius 1 is 1.10 bits per heavy atom. The van der Waals surface area contributed by atoms with Crippen molar-refractivity contribution in [3.8, 4) is 11.5 Å². The highest BCUT2D eigenvalue weighted by atomic mass is 32.2. The highest BCUT2D eigenvalue weighted by Gasteiger charge is 2.32. The molecule has 1 aliphatic rings. The van der Waals surface area contributed by atoms with Crippen LogP contribution in [-0.4, -0.2) is 36.4 Å². The van der Waals surface area contributed by atoms with Gasteiger partial charge in [0.1, 0.15) is 11.5 Å². The summed E-state index contributed by atoms with van der Waals surface area (Å²) in [6, 6.07) is 13.7. The van der Waals surface area contributed by atoms with Gasteiger partial charge in [0.05, 0.1) is 20.3 Å². The van der Waals surface area contributed by atoms with Crippen molar-refractivity contribution in [1.82, 2.24) is 4.90 Å². The number of amides is 2. The zero-order valence-electron chi connectivity index (χ0n) is 17.8. The summed E-state index contributed by atoms with van der Waals surface area (Å²) in [5.41, 5.74) is 1.82. The van der Waals surface area contributed by atoms with Gasteiger partial charge in [-0.15, -0.1) is 11.8 Å². The van der Waals surface area contributed by atoms with Crippen LogP contribution in [-0.2, 0) is 0 Å². The number of likely N-dealkylation sites (tertiary alicyclic amines) is 1. The number of methoxy groups -OCH3 is 2. The van der Waals surface area contributed by atoms with Gasteiger partial charge in [0.25, 0.3) is 0 Å². The van der Waals surface area contributed by atoms with Crippen LogP contribution in [0.15, 0.2) is 47.4 Å². The first kappa shape index (κ1) is 21.4. The summed E-state index contributed by atoms with van der Waals surface area (Å²) < 4.78 is 11.0. The van der Waals surface area contributed by atoms with Gasteiger partial charge < -0.3 is 19.7 Å². The van der Waals surface area contributed by atoms with Crippen molar-refractivity contribution < 1.29 is 14.3 Å². The topological polar surface area (TPSA) is 50.8 Å². The molecule has 156 valence electrons. The van der Waals surface area contributed by atoms with Gasteiger partial charge in [0, 0.05) is 33.5 Å². The molecule has 1 heterocycles. The van der Waals surface area contributed by atoms with Crippen LogP contribution in [0.25, 0.3) is 0 Å². The van der Waals surface area contributed by atoms with Crippen LogP contribution in [0.1, 0.15) is 45.2 Å². The number of thioether (sulfide) groups is 1. The molecule has 1 aliphatic heterocycles. The normalized spacial score (nSPS) is 16.6. The number of benzene rings is 2. The number of carbonyl (C=O) groups is 1. The van der Waals surface area contributed by atoms with E-state index in [1.807, 2.05) is 47.0 Å². The molecule has 2 amide bonds. The molecule has 0 aliphatic carbocycles. The third-order valence-electron chi connectivity index (χ3n) is 4.84. The van der Waals surface area contributed by atoms with Gasteiger partial charge in [0.2, 0.25) is 0 Å². The molecule has 0 spiro atoms. The molecule has 3 rings (SSSR count). The van der Waals surface area contributed by atoms with Crippen LogP contribution in [0, 0.1) is 0 Å². The average Bonchev–Trinajstić information content (AvgIpc) is 3.17. The van der Waals surface area contributed by atoms with Crippen molar-refractivity contribution in [3.63, 3.8) is 0 Å². The zero-order chi connectivity index (χ0) is 21.0. The SMILES string of the molecule is COc1ccc(C2CCCN2C(=O)Nc2ccc(SC(C)(C)C)cc2)c(OC)c1. The van der Waals surface area contributed by atoms with Crippen LogP contribution in [0.4, 0.5) is 10.5 Å². The Labute approximate surface area is 177 Å². The molecule has 2 aromatic rings. The predicted molar refractivity (Wildman–Crippen MR) is 119 cm³/mol. The summed E-state index contributed by atoms with van der Waals surface area (Å²) >= 11 is 1.81. The van der Waals surface area contributed by atoms with Gasteiger partial charge in [0.15, 0.2) is 0 Å². The minimum atomic E-state index is -0.0819. The fraction of sp³-hybridized carbons (Fsp3) is 0.435. The first-order valence-electron chi connectivity index (χ1n) is 9.89. The number of nitrogens with one attached hydrogen (secondary N) is 1. The maximum absolute atomic E-state index is 13.0. The number of carbonyl (C=O) groups excluding carboxylic acids is 1. The number of urea groups is 1. The Hall–Kier alpha value is -2.34. The number of nitrogens with zero attached hydrogens (tertiary/aromatic N) is 1. The summed E-state index contributed by atoms with van der Waals surface area (Å²) in [5.74, 6) is 1.49. The van der Waals surface area contributed by atoms with Crippen molar-refractivity contribution >= 4 is 23.5 Å². The molecule has 2 aromatic carbocycles. The van der Waals surface area contributed by atoms with E-state index in [0.29, 0.717) is 0 Å². The van der Waals surface area contributed by atoms with Crippen molar-refractivity contribution in [1.29, 1.82) is 0 Å². The molecule has 29 heavy (non-hydrogen) atoms. The lowest BCUT2D eigenvalue weighted by Gasteiger charge is -2.27. The molecular formula is C23H30N2O3S. The van der Waals surface area contributed by atoms with Crippen LogP contribution in [0.2, 0.25) is 0 Å². The van der Waals surface area contributed by atoms with Crippen LogP contribution in [0.3, 0.4) is 0 Å². The average molecular weight is 415 g/mol. The monoisotopic (exact) mass is 414 g/mol. The van der Waals surface area contributed by atoms with Crippen LogP contribution >= 0.6 is 11.8 Å². The van der Waals surface area contributed by atoms with Gasteiger partial charge in [-0.3, -0.25) is 0 Å².